The van der Waals surface area contributed by atoms with Crippen molar-refractivity contribution in [1.82, 2.24) is 4.90 Å². The third-order valence-corrected chi connectivity index (χ3v) is 4.27. The number of nitrogens with zero attached hydrogens (tertiary/aromatic N) is 1. The molecule has 0 atom stereocenters. The van der Waals surface area contributed by atoms with Crippen LogP contribution in [0.4, 0.5) is 0 Å². The zero-order chi connectivity index (χ0) is 12.7. The molecule has 1 fully saturated rings. The largest absolute Gasteiger partial charge is 0.301 e. The Bertz CT molecular complexity index is 178. The summed E-state index contributed by atoms with van der Waals surface area (Å²) in [6, 6.07) is 0.752. The van der Waals surface area contributed by atoms with Crippen molar-refractivity contribution >= 4 is 0 Å². The van der Waals surface area contributed by atoms with Crippen LogP contribution < -0.4 is 0 Å². The summed E-state index contributed by atoms with van der Waals surface area (Å²) in [5.41, 5.74) is 0. The second-order valence-corrected chi connectivity index (χ2v) is 6.60. The first kappa shape index (κ1) is 15.0. The first-order valence-corrected chi connectivity index (χ1v) is 7.83. The molecule has 0 N–H and O–H groups in total. The molecule has 0 radical (unpaired) electrons. The van der Waals surface area contributed by atoms with Crippen LogP contribution in [-0.2, 0) is 0 Å². The number of unbranched alkanes of at least 4 members (excludes halogenated alkanes) is 2. The highest BCUT2D eigenvalue weighted by Gasteiger charge is 2.20. The van der Waals surface area contributed by atoms with Crippen molar-refractivity contribution < 1.29 is 0 Å². The molecule has 0 aromatic rings. The molecule has 0 aromatic heterocycles. The van der Waals surface area contributed by atoms with Gasteiger partial charge in [-0.1, -0.05) is 46.0 Å². The quantitative estimate of drug-likeness (QED) is 0.581. The van der Waals surface area contributed by atoms with Crippen molar-refractivity contribution in [1.29, 1.82) is 0 Å². The predicted molar refractivity (Wildman–Crippen MR) is 77.4 cm³/mol. The molecule has 0 bridgehead atoms. The lowest BCUT2D eigenvalue weighted by atomic mass is 9.90. The van der Waals surface area contributed by atoms with Gasteiger partial charge in [0.15, 0.2) is 0 Å². The van der Waals surface area contributed by atoms with Crippen molar-refractivity contribution in [3.8, 4) is 0 Å². The average Bonchev–Trinajstić information content (AvgIpc) is 2.29. The van der Waals surface area contributed by atoms with Crippen molar-refractivity contribution in [3.05, 3.63) is 0 Å². The van der Waals surface area contributed by atoms with Gasteiger partial charge in [0, 0.05) is 6.04 Å². The van der Waals surface area contributed by atoms with Crippen LogP contribution in [0.1, 0.15) is 72.6 Å². The van der Waals surface area contributed by atoms with E-state index in [-0.39, 0.29) is 0 Å². The fourth-order valence-corrected chi connectivity index (χ4v) is 2.92. The number of hydrogen-bond donors (Lipinski definition) is 0. The molecule has 0 aromatic carbocycles. The van der Waals surface area contributed by atoms with E-state index in [4.69, 9.17) is 0 Å². The molecule has 0 spiro atoms. The monoisotopic (exact) mass is 239 g/mol. The normalized spacial score (nSPS) is 19.4. The number of likely N-dealkylation sites (tertiary alicyclic amines) is 1. The molecule has 1 aliphatic rings. The lowest BCUT2D eigenvalue weighted by Crippen LogP contribution is -2.38. The van der Waals surface area contributed by atoms with E-state index in [9.17, 15) is 0 Å². The first-order valence-electron chi connectivity index (χ1n) is 7.83. The van der Waals surface area contributed by atoms with E-state index in [1.165, 1.54) is 58.0 Å². The Morgan fingerprint density at radius 3 is 2.12 bits per heavy atom. The van der Waals surface area contributed by atoms with Gasteiger partial charge in [-0.25, -0.2) is 0 Å². The van der Waals surface area contributed by atoms with Gasteiger partial charge in [-0.05, 0) is 51.6 Å². The minimum Gasteiger partial charge on any atom is -0.301 e. The molecule has 1 saturated heterocycles. The summed E-state index contributed by atoms with van der Waals surface area (Å²) in [5, 5.41) is 0. The van der Waals surface area contributed by atoms with E-state index in [0.29, 0.717) is 0 Å². The van der Waals surface area contributed by atoms with E-state index < -0.39 is 0 Å². The summed E-state index contributed by atoms with van der Waals surface area (Å²) >= 11 is 0. The van der Waals surface area contributed by atoms with Gasteiger partial charge in [0.2, 0.25) is 0 Å². The summed E-state index contributed by atoms with van der Waals surface area (Å²) in [5.74, 6) is 1.92. The van der Waals surface area contributed by atoms with Gasteiger partial charge in [-0.3, -0.25) is 0 Å². The Hall–Kier alpha value is -0.0400. The zero-order valence-electron chi connectivity index (χ0n) is 12.5. The molecular formula is C16H33N. The number of hydrogen-bond acceptors (Lipinski definition) is 1. The fourth-order valence-electron chi connectivity index (χ4n) is 2.92. The van der Waals surface area contributed by atoms with Crippen LogP contribution in [0.3, 0.4) is 0 Å². The molecule has 1 heteroatoms. The molecule has 0 saturated carbocycles. The summed E-state index contributed by atoms with van der Waals surface area (Å²) in [6.07, 6.45) is 10.2. The van der Waals surface area contributed by atoms with E-state index in [0.717, 1.165) is 17.9 Å². The Labute approximate surface area is 109 Å². The maximum atomic E-state index is 2.63. The molecule has 102 valence electrons. The lowest BCUT2D eigenvalue weighted by Gasteiger charge is -2.34. The van der Waals surface area contributed by atoms with E-state index >= 15 is 0 Å². The minimum atomic E-state index is 0.752. The first-order chi connectivity index (χ1) is 8.09. The van der Waals surface area contributed by atoms with Crippen LogP contribution in [0.2, 0.25) is 0 Å². The number of rotatable bonds is 7. The Balaban J connectivity index is 1.99. The summed E-state index contributed by atoms with van der Waals surface area (Å²) in [4.78, 5) is 2.63. The fraction of sp³-hybridized carbons (Fsp3) is 1.00. The Morgan fingerprint density at radius 1 is 0.941 bits per heavy atom. The van der Waals surface area contributed by atoms with Gasteiger partial charge >= 0.3 is 0 Å². The van der Waals surface area contributed by atoms with Gasteiger partial charge in [-0.15, -0.1) is 0 Å². The van der Waals surface area contributed by atoms with Crippen molar-refractivity contribution in [2.24, 2.45) is 11.8 Å². The van der Waals surface area contributed by atoms with Crippen LogP contribution in [0, 0.1) is 11.8 Å². The smallest absolute Gasteiger partial charge is 0.00385 e. The SMILES string of the molecule is CC(C)CCCCCC1CCN(C(C)C)CC1. The predicted octanol–water partition coefficient (Wildman–Crippen LogP) is 4.71. The molecule has 1 heterocycles. The summed E-state index contributed by atoms with van der Waals surface area (Å²) < 4.78 is 0. The molecule has 1 nitrogen and oxygen atoms in total. The summed E-state index contributed by atoms with van der Waals surface area (Å²) in [7, 11) is 0. The average molecular weight is 239 g/mol. The lowest BCUT2D eigenvalue weighted by molar-refractivity contribution is 0.144. The number of piperidine rings is 1. The van der Waals surface area contributed by atoms with Gasteiger partial charge in [0.05, 0.1) is 0 Å². The summed E-state index contributed by atoms with van der Waals surface area (Å²) in [6.45, 7) is 12.0. The topological polar surface area (TPSA) is 3.24 Å². The minimum absolute atomic E-state index is 0.752. The molecule has 1 rings (SSSR count). The van der Waals surface area contributed by atoms with E-state index in [2.05, 4.69) is 32.6 Å². The molecule has 0 aliphatic carbocycles. The van der Waals surface area contributed by atoms with Crippen LogP contribution in [-0.4, -0.2) is 24.0 Å². The molecule has 1 aliphatic heterocycles. The van der Waals surface area contributed by atoms with Crippen LogP contribution in [0.25, 0.3) is 0 Å². The highest BCUT2D eigenvalue weighted by molar-refractivity contribution is 4.74. The van der Waals surface area contributed by atoms with Crippen LogP contribution >= 0.6 is 0 Å². The highest BCUT2D eigenvalue weighted by atomic mass is 15.1. The van der Waals surface area contributed by atoms with Crippen LogP contribution in [0.15, 0.2) is 0 Å². The van der Waals surface area contributed by atoms with Crippen LogP contribution in [0.5, 0.6) is 0 Å². The van der Waals surface area contributed by atoms with Crippen molar-refractivity contribution in [2.45, 2.75) is 78.7 Å². The third kappa shape index (κ3) is 6.45. The highest BCUT2D eigenvalue weighted by Crippen LogP contribution is 2.24. The van der Waals surface area contributed by atoms with Gasteiger partial charge in [0.1, 0.15) is 0 Å². The third-order valence-electron chi connectivity index (χ3n) is 4.27. The van der Waals surface area contributed by atoms with Gasteiger partial charge in [0.25, 0.3) is 0 Å². The second kappa shape index (κ2) is 8.13. The van der Waals surface area contributed by atoms with Crippen molar-refractivity contribution in [2.75, 3.05) is 13.1 Å². The molecule has 0 unspecified atom stereocenters. The Morgan fingerprint density at radius 2 is 1.59 bits per heavy atom. The maximum absolute atomic E-state index is 2.63. The zero-order valence-corrected chi connectivity index (χ0v) is 12.5. The van der Waals surface area contributed by atoms with E-state index in [1.807, 2.05) is 0 Å². The maximum Gasteiger partial charge on any atom is 0.00385 e. The van der Waals surface area contributed by atoms with Crippen molar-refractivity contribution in [3.63, 3.8) is 0 Å². The molecule has 17 heavy (non-hydrogen) atoms. The standard InChI is InChI=1S/C16H33N/c1-14(2)8-6-5-7-9-16-10-12-17(13-11-16)15(3)4/h14-16H,5-13H2,1-4H3. The van der Waals surface area contributed by atoms with Gasteiger partial charge in [-0.2, -0.15) is 0 Å². The molecule has 0 amide bonds. The van der Waals surface area contributed by atoms with E-state index in [1.54, 1.807) is 0 Å². The Kier molecular flexibility index (Phi) is 7.18. The second-order valence-electron chi connectivity index (χ2n) is 6.60. The van der Waals surface area contributed by atoms with Gasteiger partial charge < -0.3 is 4.90 Å². The molecular weight excluding hydrogens is 206 g/mol.